The summed E-state index contributed by atoms with van der Waals surface area (Å²) in [5.74, 6) is 1.70. The van der Waals surface area contributed by atoms with E-state index in [-0.39, 0.29) is 47.9 Å². The van der Waals surface area contributed by atoms with Crippen LogP contribution in [0.4, 0.5) is 4.79 Å². The van der Waals surface area contributed by atoms with E-state index >= 15 is 0 Å². The zero-order valence-corrected chi connectivity index (χ0v) is 31.6. The van der Waals surface area contributed by atoms with Crippen LogP contribution < -0.4 is 0 Å². The number of allylic oxidation sites excluding steroid dienone is 4. The van der Waals surface area contributed by atoms with Gasteiger partial charge in [0.2, 0.25) is 5.78 Å². The van der Waals surface area contributed by atoms with E-state index in [0.29, 0.717) is 49.5 Å². The van der Waals surface area contributed by atoms with Crippen LogP contribution in [0, 0.1) is 51.2 Å². The highest BCUT2D eigenvalue weighted by atomic mass is 16.6. The molecule has 1 saturated heterocycles. The number of hydrogen-bond donors (Lipinski definition) is 2. The van der Waals surface area contributed by atoms with Crippen molar-refractivity contribution in [2.24, 2.45) is 51.2 Å². The molecule has 1 aliphatic heterocycles. The molecule has 1 unspecified atom stereocenters. The average molecular weight is 704 g/mol. The van der Waals surface area contributed by atoms with Crippen molar-refractivity contribution < 1.29 is 33.7 Å². The molecular weight excluding hydrogens is 642 g/mol. The maximum Gasteiger partial charge on any atom is 0.410 e. The van der Waals surface area contributed by atoms with Crippen molar-refractivity contribution in [1.29, 1.82) is 0 Å². The van der Waals surface area contributed by atoms with Crippen molar-refractivity contribution in [2.75, 3.05) is 19.7 Å². The van der Waals surface area contributed by atoms with Gasteiger partial charge < -0.3 is 29.0 Å². The Kier molecular flexibility index (Phi) is 8.78. The standard InChI is InChI=1S/C43H61NO7/c1-27(2)31-11-10-28(3)22-34(31)51-38(47)44(25-30-8-6-20-49-30)26-42(48)17-14-36-40(42,5)16-13-35-39(4)15-12-29(45)23-41(39)18-19-43(35,36)32(24-41)37(46)33-9-7-21-50-33/h7,9,18-19,21,24,27-31,34-36,45,48H,6,8,10-17,20,22-23,25-26H2,1-5H3/t28-,29?,30+,31+,34-,35+,36+,39+,40-,41-,42+,43+/m0/s1. The van der Waals surface area contributed by atoms with Crippen LogP contribution in [-0.4, -0.2) is 70.6 Å². The number of hydrogen-bond acceptors (Lipinski definition) is 7. The van der Waals surface area contributed by atoms with Gasteiger partial charge in [-0.15, -0.1) is 0 Å². The van der Waals surface area contributed by atoms with E-state index in [1.807, 2.05) is 0 Å². The lowest BCUT2D eigenvalue weighted by Gasteiger charge is -2.71. The molecule has 12 atom stereocenters. The first-order valence-corrected chi connectivity index (χ1v) is 20.2. The van der Waals surface area contributed by atoms with Crippen molar-refractivity contribution in [3.63, 3.8) is 0 Å². The minimum atomic E-state index is -1.17. The number of aliphatic hydroxyl groups excluding tert-OH is 1. The molecule has 51 heavy (non-hydrogen) atoms. The molecular formula is C43H61NO7. The van der Waals surface area contributed by atoms with Crippen LogP contribution in [0.3, 0.4) is 0 Å². The third-order valence-electron chi connectivity index (χ3n) is 16.1. The van der Waals surface area contributed by atoms with Crippen LogP contribution >= 0.6 is 0 Å². The molecule has 280 valence electrons. The molecule has 5 fully saturated rings. The topological polar surface area (TPSA) is 109 Å². The summed E-state index contributed by atoms with van der Waals surface area (Å²) in [6.07, 6.45) is 17.7. The van der Waals surface area contributed by atoms with Crippen LogP contribution in [0.15, 0.2) is 46.6 Å². The van der Waals surface area contributed by atoms with Crippen LogP contribution in [0.5, 0.6) is 0 Å². The Morgan fingerprint density at radius 1 is 1.02 bits per heavy atom. The van der Waals surface area contributed by atoms with E-state index in [4.69, 9.17) is 13.9 Å². The summed E-state index contributed by atoms with van der Waals surface area (Å²) in [6.45, 7) is 12.6. The van der Waals surface area contributed by atoms with Gasteiger partial charge >= 0.3 is 6.09 Å². The Hall–Kier alpha value is -2.42. The monoisotopic (exact) mass is 703 g/mol. The summed E-state index contributed by atoms with van der Waals surface area (Å²) < 4.78 is 18.3. The molecule has 0 radical (unpaired) electrons. The fourth-order valence-electron chi connectivity index (χ4n) is 13.1. The zero-order chi connectivity index (χ0) is 36.0. The van der Waals surface area contributed by atoms with Crippen molar-refractivity contribution in [3.05, 3.63) is 48.0 Å². The first kappa shape index (κ1) is 35.6. The highest BCUT2D eigenvalue weighted by molar-refractivity contribution is 6.08. The number of Topliss-reactive ketones (excluding diaryl/α,β-unsaturated/α-hetero) is 1. The van der Waals surface area contributed by atoms with Crippen molar-refractivity contribution in [2.45, 2.75) is 136 Å². The highest BCUT2D eigenvalue weighted by Gasteiger charge is 2.74. The molecule has 8 aliphatic rings. The number of nitrogens with zero attached hydrogens (tertiary/aromatic N) is 1. The number of furan rings is 1. The first-order valence-electron chi connectivity index (χ1n) is 20.2. The summed E-state index contributed by atoms with van der Waals surface area (Å²) >= 11 is 0. The quantitative estimate of drug-likeness (QED) is 0.208. The van der Waals surface area contributed by atoms with Crippen LogP contribution in [0.2, 0.25) is 0 Å². The molecule has 2 spiro atoms. The zero-order valence-electron chi connectivity index (χ0n) is 31.6. The van der Waals surface area contributed by atoms with Gasteiger partial charge in [-0.25, -0.2) is 4.79 Å². The number of ketones is 1. The molecule has 9 rings (SSSR count). The van der Waals surface area contributed by atoms with Crippen LogP contribution in [0.1, 0.15) is 122 Å². The number of ether oxygens (including phenoxy) is 2. The van der Waals surface area contributed by atoms with E-state index in [1.54, 1.807) is 23.3 Å². The van der Waals surface area contributed by atoms with Gasteiger partial charge in [-0.05, 0) is 118 Å². The first-order chi connectivity index (χ1) is 24.3. The molecule has 1 aromatic heterocycles. The third-order valence-corrected chi connectivity index (χ3v) is 16.1. The maximum absolute atomic E-state index is 14.6. The lowest BCUT2D eigenvalue weighted by Crippen LogP contribution is -2.67. The number of rotatable bonds is 8. The molecule has 0 aromatic carbocycles. The smallest absolute Gasteiger partial charge is 0.410 e. The minimum Gasteiger partial charge on any atom is -0.461 e. The van der Waals surface area contributed by atoms with Crippen molar-refractivity contribution in [3.8, 4) is 0 Å². The molecule has 2 bridgehead atoms. The molecule has 2 N–H and O–H groups in total. The van der Waals surface area contributed by atoms with Gasteiger partial charge in [0.25, 0.3) is 0 Å². The number of amides is 1. The van der Waals surface area contributed by atoms with Gasteiger partial charge in [0.05, 0.1) is 37.2 Å². The molecule has 8 nitrogen and oxygen atoms in total. The maximum atomic E-state index is 14.6. The Bertz CT molecular complexity index is 1560. The predicted octanol–water partition coefficient (Wildman–Crippen LogP) is 8.13. The van der Waals surface area contributed by atoms with Crippen molar-refractivity contribution in [1.82, 2.24) is 4.90 Å². The molecule has 2 heterocycles. The Labute approximate surface area is 304 Å². The van der Waals surface area contributed by atoms with E-state index < -0.39 is 27.9 Å². The number of fused-ring (bicyclic) bond motifs is 1. The fraction of sp³-hybridized carbons (Fsp3) is 0.767. The highest BCUT2D eigenvalue weighted by Crippen LogP contribution is 2.78. The largest absolute Gasteiger partial charge is 0.461 e. The summed E-state index contributed by atoms with van der Waals surface area (Å²) in [5, 5.41) is 24.1. The van der Waals surface area contributed by atoms with Gasteiger partial charge in [0.15, 0.2) is 5.76 Å². The van der Waals surface area contributed by atoms with Gasteiger partial charge in [-0.3, -0.25) is 4.79 Å². The Balaban J connectivity index is 1.14. The molecule has 7 aliphatic carbocycles. The molecule has 1 amide bonds. The minimum absolute atomic E-state index is 0.0118. The lowest BCUT2D eigenvalue weighted by atomic mass is 9.32. The Morgan fingerprint density at radius 3 is 2.51 bits per heavy atom. The van der Waals surface area contributed by atoms with Gasteiger partial charge in [0.1, 0.15) is 6.10 Å². The van der Waals surface area contributed by atoms with E-state index in [1.165, 1.54) is 0 Å². The summed E-state index contributed by atoms with van der Waals surface area (Å²) in [7, 11) is 0. The summed E-state index contributed by atoms with van der Waals surface area (Å²) in [4.78, 5) is 30.7. The SMILES string of the molecule is CC(C)[C@H]1CC[C@H](C)C[C@@H]1OC(=O)N(C[C@H]1CCCO1)C[C@]1(O)CC[C@H]2[C@]34C=C[C@@]5(C=C3C(=O)c3ccco3)CC(O)CC[C@]5(C)[C@H]4CC[C@@]21C. The normalized spacial score (nSPS) is 45.6. The Morgan fingerprint density at radius 2 is 1.78 bits per heavy atom. The average Bonchev–Trinajstić information content (AvgIpc) is 3.86. The van der Waals surface area contributed by atoms with Gasteiger partial charge in [-0.2, -0.15) is 0 Å². The molecule has 1 aromatic rings. The second-order valence-corrected chi connectivity index (χ2v) is 18.9. The fourth-order valence-corrected chi connectivity index (χ4v) is 13.1. The molecule has 8 heteroatoms. The second kappa shape index (κ2) is 12.6. The summed E-state index contributed by atoms with van der Waals surface area (Å²) in [6, 6.07) is 3.52. The summed E-state index contributed by atoms with van der Waals surface area (Å²) in [5.41, 5.74) is -2.05. The van der Waals surface area contributed by atoms with Crippen LogP contribution in [0.25, 0.3) is 0 Å². The number of carbonyl (C=O) groups is 2. The van der Waals surface area contributed by atoms with E-state index in [2.05, 4.69) is 52.8 Å². The lowest BCUT2D eigenvalue weighted by molar-refractivity contribution is -0.176. The molecule has 4 saturated carbocycles. The number of carbonyl (C=O) groups excluding carboxylic acids is 2. The van der Waals surface area contributed by atoms with Crippen LogP contribution in [-0.2, 0) is 9.47 Å². The van der Waals surface area contributed by atoms with E-state index in [9.17, 15) is 19.8 Å². The van der Waals surface area contributed by atoms with E-state index in [0.717, 1.165) is 69.8 Å². The van der Waals surface area contributed by atoms with Crippen molar-refractivity contribution >= 4 is 11.9 Å². The van der Waals surface area contributed by atoms with Gasteiger partial charge in [0, 0.05) is 28.4 Å². The number of aliphatic hydroxyl groups is 2. The second-order valence-electron chi connectivity index (χ2n) is 18.9. The van der Waals surface area contributed by atoms with Gasteiger partial charge in [-0.1, -0.05) is 59.3 Å². The third kappa shape index (κ3) is 5.30. The predicted molar refractivity (Wildman–Crippen MR) is 194 cm³/mol.